The van der Waals surface area contributed by atoms with Crippen LogP contribution in [0.4, 0.5) is 10.5 Å². The molecule has 2 N–H and O–H groups in total. The number of rotatable bonds is 9. The third-order valence-electron chi connectivity index (χ3n) is 3.37. The molecule has 0 aliphatic heterocycles. The molecular weight excluding hydrogens is 334 g/mol. The second-order valence-corrected chi connectivity index (χ2v) is 5.26. The van der Waals surface area contributed by atoms with E-state index in [0.29, 0.717) is 49.3 Å². The summed E-state index contributed by atoms with van der Waals surface area (Å²) in [6, 6.07) is 6.82. The molecule has 0 aliphatic rings. The lowest BCUT2D eigenvalue weighted by molar-refractivity contribution is 0.251. The van der Waals surface area contributed by atoms with Crippen molar-refractivity contribution in [1.82, 2.24) is 10.3 Å². The van der Waals surface area contributed by atoms with E-state index in [0.717, 1.165) is 5.56 Å². The maximum absolute atomic E-state index is 12.2. The quantitative estimate of drug-likeness (QED) is 0.715. The molecule has 0 aliphatic carbocycles. The highest BCUT2D eigenvalue weighted by molar-refractivity contribution is 5.90. The summed E-state index contributed by atoms with van der Waals surface area (Å²) in [5.74, 6) is 1.61. The normalized spacial score (nSPS) is 10.1. The van der Waals surface area contributed by atoms with Crippen LogP contribution in [-0.2, 0) is 6.54 Å². The summed E-state index contributed by atoms with van der Waals surface area (Å²) in [6.07, 6.45) is 3.37. The van der Waals surface area contributed by atoms with E-state index in [9.17, 15) is 4.79 Å². The summed E-state index contributed by atoms with van der Waals surface area (Å²) in [6.45, 7) is 7.51. The van der Waals surface area contributed by atoms with E-state index in [-0.39, 0.29) is 6.03 Å². The molecule has 0 saturated heterocycles. The zero-order valence-electron chi connectivity index (χ0n) is 15.4. The molecular formula is C19H25N3O4. The minimum absolute atomic E-state index is 0.323. The van der Waals surface area contributed by atoms with Crippen LogP contribution in [0.25, 0.3) is 0 Å². The van der Waals surface area contributed by atoms with Gasteiger partial charge in [-0.1, -0.05) is 0 Å². The molecule has 2 rings (SSSR count). The average Bonchev–Trinajstić information content (AvgIpc) is 2.64. The number of nitrogens with one attached hydrogen (secondary N) is 2. The lowest BCUT2D eigenvalue weighted by Crippen LogP contribution is -2.28. The van der Waals surface area contributed by atoms with Gasteiger partial charge in [-0.2, -0.15) is 0 Å². The molecule has 0 bridgehead atoms. The Morgan fingerprint density at radius 2 is 1.54 bits per heavy atom. The van der Waals surface area contributed by atoms with E-state index in [1.165, 1.54) is 0 Å². The van der Waals surface area contributed by atoms with Crippen LogP contribution in [0, 0.1) is 0 Å². The number of ether oxygens (including phenoxy) is 3. The lowest BCUT2D eigenvalue weighted by atomic mass is 10.2. The van der Waals surface area contributed by atoms with Gasteiger partial charge in [0.2, 0.25) is 5.75 Å². The maximum atomic E-state index is 12.2. The van der Waals surface area contributed by atoms with Crippen molar-refractivity contribution in [3.63, 3.8) is 0 Å². The molecule has 0 saturated carbocycles. The monoisotopic (exact) mass is 359 g/mol. The Morgan fingerprint density at radius 3 is 2.08 bits per heavy atom. The molecule has 26 heavy (non-hydrogen) atoms. The highest BCUT2D eigenvalue weighted by atomic mass is 16.5. The number of carbonyl (C=O) groups is 1. The van der Waals surface area contributed by atoms with Crippen molar-refractivity contribution in [3.8, 4) is 17.2 Å². The number of urea groups is 1. The molecule has 2 aromatic rings. The Bertz CT molecular complexity index is 680. The van der Waals surface area contributed by atoms with Crippen LogP contribution < -0.4 is 24.8 Å². The van der Waals surface area contributed by atoms with E-state index in [1.54, 1.807) is 24.5 Å². The van der Waals surface area contributed by atoms with Crippen molar-refractivity contribution in [3.05, 3.63) is 42.2 Å². The number of pyridine rings is 1. The Morgan fingerprint density at radius 1 is 0.962 bits per heavy atom. The average molecular weight is 359 g/mol. The van der Waals surface area contributed by atoms with Crippen molar-refractivity contribution >= 4 is 11.7 Å². The van der Waals surface area contributed by atoms with Crippen LogP contribution in [0.5, 0.6) is 17.2 Å². The van der Waals surface area contributed by atoms with Gasteiger partial charge in [0, 0.05) is 31.1 Å². The fourth-order valence-corrected chi connectivity index (χ4v) is 2.32. The number of hydrogen-bond acceptors (Lipinski definition) is 5. The second-order valence-electron chi connectivity index (χ2n) is 5.26. The van der Waals surface area contributed by atoms with Crippen LogP contribution in [0.3, 0.4) is 0 Å². The summed E-state index contributed by atoms with van der Waals surface area (Å²) >= 11 is 0. The molecule has 7 heteroatoms. The van der Waals surface area contributed by atoms with Crippen molar-refractivity contribution in [1.29, 1.82) is 0 Å². The predicted octanol–water partition coefficient (Wildman–Crippen LogP) is 3.60. The molecule has 140 valence electrons. The van der Waals surface area contributed by atoms with Gasteiger partial charge in [0.1, 0.15) is 0 Å². The number of aromatic nitrogens is 1. The highest BCUT2D eigenvalue weighted by Gasteiger charge is 2.16. The number of benzene rings is 1. The zero-order valence-corrected chi connectivity index (χ0v) is 15.4. The van der Waals surface area contributed by atoms with Gasteiger partial charge in [0.15, 0.2) is 11.5 Å². The minimum Gasteiger partial charge on any atom is -0.490 e. The molecule has 1 heterocycles. The van der Waals surface area contributed by atoms with E-state index in [1.807, 2.05) is 32.9 Å². The SMILES string of the molecule is CCOc1cc(NC(=O)NCc2ccncc2)cc(OCC)c1OCC. The zero-order chi connectivity index (χ0) is 18.8. The van der Waals surface area contributed by atoms with Gasteiger partial charge in [-0.3, -0.25) is 4.98 Å². The van der Waals surface area contributed by atoms with Gasteiger partial charge in [0.05, 0.1) is 25.5 Å². The molecule has 0 unspecified atom stereocenters. The van der Waals surface area contributed by atoms with Crippen molar-refractivity contribution in [2.24, 2.45) is 0 Å². The van der Waals surface area contributed by atoms with Gasteiger partial charge in [0.25, 0.3) is 0 Å². The van der Waals surface area contributed by atoms with Gasteiger partial charge >= 0.3 is 6.03 Å². The van der Waals surface area contributed by atoms with Crippen molar-refractivity contribution in [2.75, 3.05) is 25.1 Å². The fourth-order valence-electron chi connectivity index (χ4n) is 2.32. The fraction of sp³-hybridized carbons (Fsp3) is 0.368. The number of anilines is 1. The third kappa shape index (κ3) is 5.54. The first-order valence-electron chi connectivity index (χ1n) is 8.68. The lowest BCUT2D eigenvalue weighted by Gasteiger charge is -2.17. The first kappa shape index (κ1) is 19.4. The van der Waals surface area contributed by atoms with E-state index >= 15 is 0 Å². The number of carbonyl (C=O) groups excluding carboxylic acids is 1. The molecule has 0 spiro atoms. The van der Waals surface area contributed by atoms with Crippen molar-refractivity contribution < 1.29 is 19.0 Å². The molecule has 0 atom stereocenters. The minimum atomic E-state index is -0.323. The summed E-state index contributed by atoms with van der Waals surface area (Å²) in [5.41, 5.74) is 1.53. The first-order valence-corrected chi connectivity index (χ1v) is 8.68. The van der Waals surface area contributed by atoms with Gasteiger partial charge in [-0.15, -0.1) is 0 Å². The van der Waals surface area contributed by atoms with E-state index < -0.39 is 0 Å². The largest absolute Gasteiger partial charge is 0.490 e. The topological polar surface area (TPSA) is 81.7 Å². The van der Waals surface area contributed by atoms with Crippen LogP contribution in [0.15, 0.2) is 36.7 Å². The maximum Gasteiger partial charge on any atom is 0.319 e. The predicted molar refractivity (Wildman–Crippen MR) is 100 cm³/mol. The van der Waals surface area contributed by atoms with Crippen LogP contribution in [-0.4, -0.2) is 30.8 Å². The summed E-state index contributed by atoms with van der Waals surface area (Å²) in [5, 5.41) is 5.60. The molecule has 1 aromatic carbocycles. The first-order chi connectivity index (χ1) is 12.7. The molecule has 1 aromatic heterocycles. The van der Waals surface area contributed by atoms with Crippen LogP contribution in [0.1, 0.15) is 26.3 Å². The summed E-state index contributed by atoms with van der Waals surface area (Å²) < 4.78 is 16.9. The Balaban J connectivity index is 2.12. The Hall–Kier alpha value is -2.96. The summed E-state index contributed by atoms with van der Waals surface area (Å²) in [7, 11) is 0. The number of amides is 2. The Labute approximate surface area is 153 Å². The van der Waals surface area contributed by atoms with E-state index in [2.05, 4.69) is 15.6 Å². The standard InChI is InChI=1S/C19H25N3O4/c1-4-24-16-11-15(12-17(25-5-2)18(16)26-6-3)22-19(23)21-13-14-7-9-20-10-8-14/h7-12H,4-6,13H2,1-3H3,(H2,21,22,23). The van der Waals surface area contributed by atoms with Gasteiger partial charge < -0.3 is 24.8 Å². The van der Waals surface area contributed by atoms with Gasteiger partial charge in [-0.05, 0) is 38.5 Å². The highest BCUT2D eigenvalue weighted by Crippen LogP contribution is 2.40. The molecule has 7 nitrogen and oxygen atoms in total. The van der Waals surface area contributed by atoms with Crippen LogP contribution >= 0.6 is 0 Å². The molecule has 0 fully saturated rings. The van der Waals surface area contributed by atoms with Gasteiger partial charge in [-0.25, -0.2) is 4.79 Å². The Kier molecular flexibility index (Phi) is 7.54. The third-order valence-corrected chi connectivity index (χ3v) is 3.37. The number of hydrogen-bond donors (Lipinski definition) is 2. The summed E-state index contributed by atoms with van der Waals surface area (Å²) in [4.78, 5) is 16.1. The molecule has 0 radical (unpaired) electrons. The number of nitrogens with zero attached hydrogens (tertiary/aromatic N) is 1. The van der Waals surface area contributed by atoms with Crippen LogP contribution in [0.2, 0.25) is 0 Å². The van der Waals surface area contributed by atoms with Crippen molar-refractivity contribution in [2.45, 2.75) is 27.3 Å². The molecule has 2 amide bonds. The van der Waals surface area contributed by atoms with E-state index in [4.69, 9.17) is 14.2 Å². The second kappa shape index (κ2) is 10.1. The smallest absolute Gasteiger partial charge is 0.319 e.